The van der Waals surface area contributed by atoms with Gasteiger partial charge in [0.05, 0.1) is 0 Å². The van der Waals surface area contributed by atoms with Gasteiger partial charge < -0.3 is 5.11 Å². The normalized spacial score (nSPS) is 31.3. The van der Waals surface area contributed by atoms with Gasteiger partial charge in [-0.3, -0.25) is 0 Å². The summed E-state index contributed by atoms with van der Waals surface area (Å²) in [7, 11) is 0. The van der Waals surface area contributed by atoms with Crippen LogP contribution in [0.25, 0.3) is 0 Å². The number of rotatable bonds is 1. The summed E-state index contributed by atoms with van der Waals surface area (Å²) in [5.41, 5.74) is 0. The summed E-state index contributed by atoms with van der Waals surface area (Å²) >= 11 is 1.95. The topological polar surface area (TPSA) is 20.2 Å². The molecule has 1 fully saturated rings. The van der Waals surface area contributed by atoms with Crippen molar-refractivity contribution < 1.29 is 5.11 Å². The standard InChI is InChI=1S/C5H10OS/c6-3-5-1-2-7-4-5/h5-6H,1-4H2. The third kappa shape index (κ3) is 1.35. The number of hydrogen-bond donors (Lipinski definition) is 1. The molecule has 1 saturated heterocycles. The molecule has 0 aromatic rings. The molecule has 0 saturated carbocycles. The van der Waals surface area contributed by atoms with Gasteiger partial charge in [-0.05, 0) is 23.8 Å². The van der Waals surface area contributed by atoms with Gasteiger partial charge in [0.1, 0.15) is 0 Å². The van der Waals surface area contributed by atoms with Gasteiger partial charge in [0.25, 0.3) is 0 Å². The second-order valence-corrected chi connectivity index (χ2v) is 3.06. The van der Waals surface area contributed by atoms with E-state index in [9.17, 15) is 0 Å². The molecule has 0 aliphatic carbocycles. The maximum absolute atomic E-state index is 8.55. The van der Waals surface area contributed by atoms with Gasteiger partial charge in [0, 0.05) is 6.61 Å². The van der Waals surface area contributed by atoms with Crippen molar-refractivity contribution in [2.75, 3.05) is 18.1 Å². The number of aliphatic hydroxyl groups is 1. The Kier molecular flexibility index (Phi) is 2.00. The lowest BCUT2D eigenvalue weighted by Crippen LogP contribution is -2.02. The first kappa shape index (κ1) is 5.45. The van der Waals surface area contributed by atoms with Crippen LogP contribution in [-0.2, 0) is 0 Å². The summed E-state index contributed by atoms with van der Waals surface area (Å²) in [5.74, 6) is 3.05. The van der Waals surface area contributed by atoms with Gasteiger partial charge >= 0.3 is 0 Å². The van der Waals surface area contributed by atoms with Crippen LogP contribution in [0.15, 0.2) is 0 Å². The zero-order valence-corrected chi connectivity index (χ0v) is 5.08. The highest BCUT2D eigenvalue weighted by atomic mass is 32.2. The Hall–Kier alpha value is 0.310. The van der Waals surface area contributed by atoms with Crippen molar-refractivity contribution in [3.8, 4) is 0 Å². The minimum Gasteiger partial charge on any atom is -0.396 e. The van der Waals surface area contributed by atoms with E-state index < -0.39 is 0 Å². The first-order valence-electron chi connectivity index (χ1n) is 2.62. The van der Waals surface area contributed by atoms with E-state index in [1.807, 2.05) is 11.8 Å². The van der Waals surface area contributed by atoms with Gasteiger partial charge in [0.2, 0.25) is 0 Å². The van der Waals surface area contributed by atoms with Gasteiger partial charge in [-0.1, -0.05) is 0 Å². The fourth-order valence-corrected chi connectivity index (χ4v) is 2.00. The Morgan fingerprint density at radius 2 is 2.57 bits per heavy atom. The maximum atomic E-state index is 8.55. The molecule has 1 atom stereocenters. The van der Waals surface area contributed by atoms with Gasteiger partial charge in [-0.15, -0.1) is 0 Å². The number of aliphatic hydroxyl groups excluding tert-OH is 1. The quantitative estimate of drug-likeness (QED) is 0.548. The van der Waals surface area contributed by atoms with Crippen LogP contribution in [-0.4, -0.2) is 23.2 Å². The van der Waals surface area contributed by atoms with Crippen molar-refractivity contribution in [1.29, 1.82) is 0 Å². The average molecular weight is 118 g/mol. The minimum absolute atomic E-state index is 0.396. The van der Waals surface area contributed by atoms with E-state index >= 15 is 0 Å². The van der Waals surface area contributed by atoms with Crippen LogP contribution in [0.5, 0.6) is 0 Å². The zero-order chi connectivity index (χ0) is 5.11. The molecule has 0 aromatic carbocycles. The Balaban J connectivity index is 2.14. The molecule has 0 amide bonds. The van der Waals surface area contributed by atoms with E-state index in [1.54, 1.807) is 0 Å². The highest BCUT2D eigenvalue weighted by Crippen LogP contribution is 2.22. The fraction of sp³-hybridized carbons (Fsp3) is 1.00. The van der Waals surface area contributed by atoms with Crippen LogP contribution >= 0.6 is 11.8 Å². The van der Waals surface area contributed by atoms with E-state index in [2.05, 4.69) is 0 Å². The van der Waals surface area contributed by atoms with Crippen molar-refractivity contribution >= 4 is 11.8 Å². The molecule has 0 radical (unpaired) electrons. The van der Waals surface area contributed by atoms with Crippen molar-refractivity contribution in [2.24, 2.45) is 5.92 Å². The summed E-state index contributed by atoms with van der Waals surface area (Å²) < 4.78 is 0. The molecule has 1 unspecified atom stereocenters. The SMILES string of the molecule is OCC1CCSC1. The van der Waals surface area contributed by atoms with Crippen LogP contribution in [0, 0.1) is 5.92 Å². The summed E-state index contributed by atoms with van der Waals surface area (Å²) in [6.45, 7) is 0.396. The summed E-state index contributed by atoms with van der Waals surface area (Å²) in [5, 5.41) is 8.55. The van der Waals surface area contributed by atoms with Crippen LogP contribution in [0.3, 0.4) is 0 Å². The first-order chi connectivity index (χ1) is 3.43. The van der Waals surface area contributed by atoms with Crippen LogP contribution < -0.4 is 0 Å². The predicted molar refractivity (Wildman–Crippen MR) is 32.5 cm³/mol. The molecule has 1 heterocycles. The largest absolute Gasteiger partial charge is 0.396 e. The van der Waals surface area contributed by atoms with Crippen LogP contribution in [0.2, 0.25) is 0 Å². The van der Waals surface area contributed by atoms with E-state index in [4.69, 9.17) is 5.11 Å². The van der Waals surface area contributed by atoms with Crippen LogP contribution in [0.1, 0.15) is 6.42 Å². The molecule has 2 heteroatoms. The number of thioether (sulfide) groups is 1. The van der Waals surface area contributed by atoms with Crippen molar-refractivity contribution in [3.63, 3.8) is 0 Å². The summed E-state index contributed by atoms with van der Waals surface area (Å²) in [4.78, 5) is 0. The smallest absolute Gasteiger partial charge is 0.0467 e. The zero-order valence-electron chi connectivity index (χ0n) is 4.26. The Labute approximate surface area is 48.1 Å². The fourth-order valence-electron chi connectivity index (χ4n) is 0.727. The van der Waals surface area contributed by atoms with Crippen molar-refractivity contribution in [2.45, 2.75) is 6.42 Å². The molecule has 1 nitrogen and oxygen atoms in total. The van der Waals surface area contributed by atoms with Crippen LogP contribution in [0.4, 0.5) is 0 Å². The molecule has 7 heavy (non-hydrogen) atoms. The monoisotopic (exact) mass is 118 g/mol. The second kappa shape index (κ2) is 2.58. The molecule has 0 bridgehead atoms. The Morgan fingerprint density at radius 3 is 2.86 bits per heavy atom. The minimum atomic E-state index is 0.396. The Bertz CT molecular complexity index is 50.0. The molecule has 0 aromatic heterocycles. The van der Waals surface area contributed by atoms with E-state index in [0.29, 0.717) is 12.5 Å². The second-order valence-electron chi connectivity index (χ2n) is 1.91. The molecular formula is C5H10OS. The van der Waals surface area contributed by atoms with Gasteiger partial charge in [-0.2, -0.15) is 11.8 Å². The molecular weight excluding hydrogens is 108 g/mol. The highest BCUT2D eigenvalue weighted by molar-refractivity contribution is 7.99. The lowest BCUT2D eigenvalue weighted by atomic mass is 10.1. The van der Waals surface area contributed by atoms with Crippen molar-refractivity contribution in [1.82, 2.24) is 0 Å². The summed E-state index contributed by atoms with van der Waals surface area (Å²) in [6, 6.07) is 0. The molecule has 1 rings (SSSR count). The number of hydrogen-bond acceptors (Lipinski definition) is 2. The van der Waals surface area contributed by atoms with Gasteiger partial charge in [0.15, 0.2) is 0 Å². The van der Waals surface area contributed by atoms with E-state index in [1.165, 1.54) is 17.9 Å². The average Bonchev–Trinajstić information content (AvgIpc) is 2.14. The molecule has 0 spiro atoms. The van der Waals surface area contributed by atoms with Gasteiger partial charge in [-0.25, -0.2) is 0 Å². The molecule has 42 valence electrons. The lowest BCUT2D eigenvalue weighted by Gasteiger charge is -1.97. The van der Waals surface area contributed by atoms with Crippen molar-refractivity contribution in [3.05, 3.63) is 0 Å². The maximum Gasteiger partial charge on any atom is 0.0467 e. The summed E-state index contributed by atoms with van der Waals surface area (Å²) in [6.07, 6.45) is 1.22. The van der Waals surface area contributed by atoms with E-state index in [-0.39, 0.29) is 0 Å². The lowest BCUT2D eigenvalue weighted by molar-refractivity contribution is 0.241. The molecule has 1 N–H and O–H groups in total. The first-order valence-corrected chi connectivity index (χ1v) is 3.77. The third-order valence-electron chi connectivity index (χ3n) is 1.28. The molecule has 1 aliphatic rings. The molecule has 1 aliphatic heterocycles. The van der Waals surface area contributed by atoms with E-state index in [0.717, 1.165) is 0 Å². The third-order valence-corrected chi connectivity index (χ3v) is 2.51. The Morgan fingerprint density at radius 1 is 1.71 bits per heavy atom. The predicted octanol–water partition coefficient (Wildman–Crippen LogP) is 0.732. The highest BCUT2D eigenvalue weighted by Gasteiger charge is 2.12.